The van der Waals surface area contributed by atoms with Crippen molar-refractivity contribution in [2.45, 2.75) is 25.7 Å². The van der Waals surface area contributed by atoms with E-state index in [0.717, 1.165) is 12.8 Å². The van der Waals surface area contributed by atoms with Crippen molar-refractivity contribution >= 4 is 18.4 Å². The Balaban J connectivity index is 0.000000720. The highest BCUT2D eigenvalue weighted by Gasteiger charge is 2.15. The van der Waals surface area contributed by atoms with Crippen LogP contribution in [0.15, 0.2) is 0 Å². The number of nitrogens with zero attached hydrogens (tertiary/aromatic N) is 2. The molecule has 1 heterocycles. The Morgan fingerprint density at radius 3 is 2.67 bits per heavy atom. The smallest absolute Gasteiger partial charge is 0.200 e. The first kappa shape index (κ1) is 9.39. The lowest BCUT2D eigenvalue weighted by molar-refractivity contribution is 0.644. The normalized spacial score (nSPS) is 15.1. The Labute approximate surface area is 78.4 Å². The molecule has 0 saturated carbocycles. The fourth-order valence-electron chi connectivity index (χ4n) is 1.71. The molecule has 1 aliphatic rings. The van der Waals surface area contributed by atoms with Crippen LogP contribution in [0.5, 0.6) is 0 Å². The van der Waals surface area contributed by atoms with Crippen LogP contribution in [0.2, 0.25) is 0 Å². The molecule has 0 radical (unpaired) electrons. The second kappa shape index (κ2) is 3.35. The van der Waals surface area contributed by atoms with E-state index in [2.05, 4.69) is 4.98 Å². The number of anilines is 1. The molecule has 1 aliphatic carbocycles. The summed E-state index contributed by atoms with van der Waals surface area (Å²) in [6.07, 6.45) is 4.81. The van der Waals surface area contributed by atoms with Crippen molar-refractivity contribution in [3.8, 4) is 0 Å². The van der Waals surface area contributed by atoms with E-state index in [1.807, 2.05) is 11.6 Å². The van der Waals surface area contributed by atoms with Crippen molar-refractivity contribution in [2.24, 2.45) is 7.05 Å². The number of hydrogen-bond donors (Lipinski definition) is 1. The van der Waals surface area contributed by atoms with Crippen LogP contribution in [0.4, 0.5) is 5.95 Å². The Morgan fingerprint density at radius 2 is 2.00 bits per heavy atom. The molecule has 0 saturated heterocycles. The molecule has 0 spiro atoms. The predicted molar refractivity (Wildman–Crippen MR) is 51.5 cm³/mol. The van der Waals surface area contributed by atoms with Gasteiger partial charge in [-0.15, -0.1) is 12.4 Å². The van der Waals surface area contributed by atoms with E-state index >= 15 is 0 Å². The number of aryl methyl sites for hydroxylation is 1. The van der Waals surface area contributed by atoms with Crippen LogP contribution < -0.4 is 5.73 Å². The monoisotopic (exact) mass is 187 g/mol. The molecule has 2 rings (SSSR count). The van der Waals surface area contributed by atoms with Gasteiger partial charge in [0.15, 0.2) is 5.95 Å². The largest absolute Gasteiger partial charge is 0.369 e. The molecule has 1 aromatic heterocycles. The molecule has 0 bridgehead atoms. The van der Waals surface area contributed by atoms with Crippen molar-refractivity contribution < 1.29 is 0 Å². The molecule has 0 aromatic carbocycles. The Kier molecular flexibility index (Phi) is 2.62. The van der Waals surface area contributed by atoms with Gasteiger partial charge in [-0.3, -0.25) is 0 Å². The average Bonchev–Trinajstić information content (AvgIpc) is 2.30. The summed E-state index contributed by atoms with van der Waals surface area (Å²) in [5, 5.41) is 0. The molecule has 1 aromatic rings. The van der Waals surface area contributed by atoms with Crippen LogP contribution in [-0.4, -0.2) is 9.55 Å². The fourth-order valence-corrected chi connectivity index (χ4v) is 1.71. The predicted octanol–water partition coefficient (Wildman–Crippen LogP) is 1.30. The van der Waals surface area contributed by atoms with Crippen molar-refractivity contribution in [1.29, 1.82) is 0 Å². The van der Waals surface area contributed by atoms with E-state index in [1.54, 1.807) is 0 Å². The Hall–Kier alpha value is -0.700. The zero-order valence-corrected chi connectivity index (χ0v) is 8.02. The maximum absolute atomic E-state index is 5.67. The molecule has 12 heavy (non-hydrogen) atoms. The number of nitrogens with two attached hydrogens (primary N) is 1. The lowest BCUT2D eigenvalue weighted by Crippen LogP contribution is -2.06. The van der Waals surface area contributed by atoms with Crippen molar-refractivity contribution in [3.05, 3.63) is 11.4 Å². The van der Waals surface area contributed by atoms with Gasteiger partial charge in [0.05, 0.1) is 5.69 Å². The average molecular weight is 188 g/mol. The molecule has 0 unspecified atom stereocenters. The van der Waals surface area contributed by atoms with E-state index in [0.29, 0.717) is 5.95 Å². The van der Waals surface area contributed by atoms with E-state index in [1.165, 1.54) is 24.2 Å². The van der Waals surface area contributed by atoms with Gasteiger partial charge in [-0.05, 0) is 25.7 Å². The number of fused-ring (bicyclic) bond motifs is 1. The quantitative estimate of drug-likeness (QED) is 0.666. The zero-order valence-electron chi connectivity index (χ0n) is 7.21. The second-order valence-electron chi connectivity index (χ2n) is 3.13. The maximum Gasteiger partial charge on any atom is 0.200 e. The summed E-state index contributed by atoms with van der Waals surface area (Å²) in [6, 6.07) is 0. The minimum absolute atomic E-state index is 0. The van der Waals surface area contributed by atoms with Crippen LogP contribution in [0.25, 0.3) is 0 Å². The van der Waals surface area contributed by atoms with Gasteiger partial charge in [0.1, 0.15) is 0 Å². The van der Waals surface area contributed by atoms with Gasteiger partial charge in [0, 0.05) is 12.7 Å². The summed E-state index contributed by atoms with van der Waals surface area (Å²) in [5.41, 5.74) is 8.23. The molecule has 0 atom stereocenters. The van der Waals surface area contributed by atoms with E-state index < -0.39 is 0 Å². The van der Waals surface area contributed by atoms with Crippen LogP contribution >= 0.6 is 12.4 Å². The van der Waals surface area contributed by atoms with Crippen LogP contribution in [0.3, 0.4) is 0 Å². The van der Waals surface area contributed by atoms with Crippen LogP contribution in [0, 0.1) is 0 Å². The number of nitrogen functional groups attached to an aromatic ring is 1. The van der Waals surface area contributed by atoms with Gasteiger partial charge in [-0.2, -0.15) is 0 Å². The fraction of sp³-hybridized carbons (Fsp3) is 0.625. The molecule has 2 N–H and O–H groups in total. The highest BCUT2D eigenvalue weighted by Crippen LogP contribution is 2.21. The molecular formula is C8H14ClN3. The van der Waals surface area contributed by atoms with Gasteiger partial charge in [0.2, 0.25) is 0 Å². The standard InChI is InChI=1S/C8H13N3.ClH/c1-11-7-5-3-2-4-6(7)10-8(11)9;/h2-5H2,1H3,(H2,9,10);1H. The highest BCUT2D eigenvalue weighted by atomic mass is 35.5. The number of halogens is 1. The van der Waals surface area contributed by atoms with E-state index in [9.17, 15) is 0 Å². The SMILES string of the molecule is Cl.Cn1c(N)nc2c1CCCC2. The third kappa shape index (κ3) is 1.29. The summed E-state index contributed by atoms with van der Waals surface area (Å²) >= 11 is 0. The maximum atomic E-state index is 5.67. The molecule has 0 aliphatic heterocycles. The first-order chi connectivity index (χ1) is 5.29. The van der Waals surface area contributed by atoms with Crippen molar-refractivity contribution in [1.82, 2.24) is 9.55 Å². The minimum atomic E-state index is 0. The molecule has 4 heteroatoms. The molecule has 68 valence electrons. The Morgan fingerprint density at radius 1 is 1.33 bits per heavy atom. The van der Waals surface area contributed by atoms with Crippen LogP contribution in [-0.2, 0) is 19.9 Å². The molecular weight excluding hydrogens is 174 g/mol. The number of hydrogen-bond acceptors (Lipinski definition) is 2. The topological polar surface area (TPSA) is 43.8 Å². The van der Waals surface area contributed by atoms with Gasteiger partial charge in [-0.1, -0.05) is 0 Å². The summed E-state index contributed by atoms with van der Waals surface area (Å²) in [4.78, 5) is 4.29. The van der Waals surface area contributed by atoms with Gasteiger partial charge < -0.3 is 10.3 Å². The molecule has 3 nitrogen and oxygen atoms in total. The summed E-state index contributed by atoms with van der Waals surface area (Å²) in [7, 11) is 1.99. The third-order valence-corrected chi connectivity index (χ3v) is 2.41. The third-order valence-electron chi connectivity index (χ3n) is 2.41. The summed E-state index contributed by atoms with van der Waals surface area (Å²) in [6.45, 7) is 0. The van der Waals surface area contributed by atoms with Gasteiger partial charge in [-0.25, -0.2) is 4.98 Å². The Bertz CT molecular complexity index is 280. The zero-order chi connectivity index (χ0) is 7.84. The van der Waals surface area contributed by atoms with Gasteiger partial charge >= 0.3 is 0 Å². The first-order valence-electron chi connectivity index (χ1n) is 4.09. The van der Waals surface area contributed by atoms with Crippen molar-refractivity contribution in [2.75, 3.05) is 5.73 Å². The number of imidazole rings is 1. The second-order valence-corrected chi connectivity index (χ2v) is 3.13. The van der Waals surface area contributed by atoms with Crippen LogP contribution in [0.1, 0.15) is 24.2 Å². The number of rotatable bonds is 0. The highest BCUT2D eigenvalue weighted by molar-refractivity contribution is 5.85. The van der Waals surface area contributed by atoms with Gasteiger partial charge in [0.25, 0.3) is 0 Å². The summed E-state index contributed by atoms with van der Waals surface area (Å²) < 4.78 is 2.01. The lowest BCUT2D eigenvalue weighted by atomic mass is 10.0. The van der Waals surface area contributed by atoms with E-state index in [-0.39, 0.29) is 12.4 Å². The minimum Gasteiger partial charge on any atom is -0.369 e. The first-order valence-corrected chi connectivity index (χ1v) is 4.09. The molecule has 0 fully saturated rings. The lowest BCUT2D eigenvalue weighted by Gasteiger charge is -2.10. The summed E-state index contributed by atoms with van der Waals surface area (Å²) in [5.74, 6) is 0.664. The van der Waals surface area contributed by atoms with E-state index in [4.69, 9.17) is 5.73 Å². The molecule has 0 amide bonds. The number of aromatic nitrogens is 2. The van der Waals surface area contributed by atoms with Crippen molar-refractivity contribution in [3.63, 3.8) is 0 Å².